The van der Waals surface area contributed by atoms with Crippen LogP contribution in [-0.4, -0.2) is 37.0 Å². The molecule has 2 aromatic rings. The largest absolute Gasteiger partial charge is 0.382 e. The van der Waals surface area contributed by atoms with E-state index in [9.17, 15) is 13.6 Å². The lowest BCUT2D eigenvalue weighted by Gasteiger charge is -2.30. The van der Waals surface area contributed by atoms with Gasteiger partial charge in [0.25, 0.3) is 5.91 Å². The molecule has 2 aromatic carbocycles. The van der Waals surface area contributed by atoms with E-state index in [1.807, 2.05) is 0 Å². The minimum Gasteiger partial charge on any atom is -0.382 e. The first-order valence-electron chi connectivity index (χ1n) is 8.33. The van der Waals surface area contributed by atoms with Crippen molar-refractivity contribution in [2.45, 2.75) is 18.9 Å². The first kappa shape index (κ1) is 20.1. The van der Waals surface area contributed by atoms with Crippen molar-refractivity contribution in [2.75, 3.05) is 30.8 Å². The monoisotopic (exact) mass is 381 g/mol. The number of amides is 1. The van der Waals surface area contributed by atoms with Crippen molar-refractivity contribution in [1.82, 2.24) is 4.90 Å². The SMILES string of the molecule is CN1CCC(Nc2cc(F)cc(NC(=O)c3ccccc3F)c2)CC1.Cl. The molecule has 0 radical (unpaired) electrons. The predicted molar refractivity (Wildman–Crippen MR) is 102 cm³/mol. The lowest BCUT2D eigenvalue weighted by molar-refractivity contribution is 0.102. The summed E-state index contributed by atoms with van der Waals surface area (Å²) in [6.07, 6.45) is 1.95. The third kappa shape index (κ3) is 5.16. The average Bonchev–Trinajstić information content (AvgIpc) is 2.57. The summed E-state index contributed by atoms with van der Waals surface area (Å²) >= 11 is 0. The molecular weight excluding hydrogens is 360 g/mol. The molecule has 1 heterocycles. The zero-order valence-electron chi connectivity index (χ0n) is 14.5. The van der Waals surface area contributed by atoms with Crippen molar-refractivity contribution in [3.63, 3.8) is 0 Å². The van der Waals surface area contributed by atoms with Crippen molar-refractivity contribution in [2.24, 2.45) is 0 Å². The Hall–Kier alpha value is -2.18. The molecule has 4 nitrogen and oxygen atoms in total. The van der Waals surface area contributed by atoms with Gasteiger partial charge in [-0.25, -0.2) is 8.78 Å². The number of benzene rings is 2. The van der Waals surface area contributed by atoms with Crippen LogP contribution in [0.15, 0.2) is 42.5 Å². The van der Waals surface area contributed by atoms with Gasteiger partial charge >= 0.3 is 0 Å². The molecule has 140 valence electrons. The molecule has 0 aromatic heterocycles. The minimum absolute atomic E-state index is 0. The Bertz CT molecular complexity index is 764. The second kappa shape index (κ2) is 8.96. The van der Waals surface area contributed by atoms with Crippen molar-refractivity contribution in [1.29, 1.82) is 0 Å². The number of nitrogens with one attached hydrogen (secondary N) is 2. The number of likely N-dealkylation sites (tertiary alicyclic amines) is 1. The van der Waals surface area contributed by atoms with Gasteiger partial charge in [-0.3, -0.25) is 4.79 Å². The molecule has 7 heteroatoms. The Kier molecular flexibility index (Phi) is 6.94. The van der Waals surface area contributed by atoms with E-state index in [1.165, 1.54) is 30.3 Å². The fourth-order valence-corrected chi connectivity index (χ4v) is 2.98. The first-order chi connectivity index (χ1) is 12.0. The van der Waals surface area contributed by atoms with Crippen LogP contribution in [0.5, 0.6) is 0 Å². The molecular formula is C19H22ClF2N3O. The van der Waals surface area contributed by atoms with E-state index >= 15 is 0 Å². The Labute approximate surface area is 158 Å². The van der Waals surface area contributed by atoms with Crippen LogP contribution < -0.4 is 10.6 Å². The Morgan fingerprint density at radius 2 is 1.73 bits per heavy atom. The van der Waals surface area contributed by atoms with Gasteiger partial charge in [0.15, 0.2) is 0 Å². The molecule has 1 aliphatic rings. The topological polar surface area (TPSA) is 44.4 Å². The molecule has 3 rings (SSSR count). The molecule has 26 heavy (non-hydrogen) atoms. The third-order valence-electron chi connectivity index (χ3n) is 4.36. The van der Waals surface area contributed by atoms with Gasteiger partial charge in [-0.2, -0.15) is 0 Å². The molecule has 1 saturated heterocycles. The normalized spacial score (nSPS) is 15.2. The molecule has 0 unspecified atom stereocenters. The lowest BCUT2D eigenvalue weighted by Crippen LogP contribution is -2.36. The maximum Gasteiger partial charge on any atom is 0.258 e. The van der Waals surface area contributed by atoms with Crippen LogP contribution in [0.4, 0.5) is 20.2 Å². The van der Waals surface area contributed by atoms with E-state index in [0.717, 1.165) is 25.9 Å². The average molecular weight is 382 g/mol. The van der Waals surface area contributed by atoms with Gasteiger partial charge in [-0.05, 0) is 63.3 Å². The molecule has 0 atom stereocenters. The van der Waals surface area contributed by atoms with Crippen LogP contribution in [0.3, 0.4) is 0 Å². The summed E-state index contributed by atoms with van der Waals surface area (Å²) in [7, 11) is 2.08. The smallest absolute Gasteiger partial charge is 0.258 e. The highest BCUT2D eigenvalue weighted by Crippen LogP contribution is 2.22. The summed E-state index contributed by atoms with van der Waals surface area (Å²) in [5.74, 6) is -1.67. The van der Waals surface area contributed by atoms with Crippen LogP contribution in [0.1, 0.15) is 23.2 Å². The number of anilines is 2. The Morgan fingerprint density at radius 1 is 1.08 bits per heavy atom. The second-order valence-electron chi connectivity index (χ2n) is 6.38. The van der Waals surface area contributed by atoms with Gasteiger partial charge in [-0.1, -0.05) is 12.1 Å². The maximum absolute atomic E-state index is 13.9. The van der Waals surface area contributed by atoms with Crippen LogP contribution in [0.25, 0.3) is 0 Å². The summed E-state index contributed by atoms with van der Waals surface area (Å²) in [6.45, 7) is 1.98. The standard InChI is InChI=1S/C19H21F2N3O.ClH/c1-24-8-6-14(7-9-24)22-15-10-13(20)11-16(12-15)23-19(25)17-4-2-3-5-18(17)21;/h2-5,10-12,14,22H,6-9H2,1H3,(H,23,25);1H. The van der Waals surface area contributed by atoms with Gasteiger partial charge < -0.3 is 15.5 Å². The minimum atomic E-state index is -0.610. The van der Waals surface area contributed by atoms with Crippen LogP contribution in [0, 0.1) is 11.6 Å². The van der Waals surface area contributed by atoms with E-state index in [4.69, 9.17) is 0 Å². The quantitative estimate of drug-likeness (QED) is 0.836. The van der Waals surface area contributed by atoms with Crippen LogP contribution in [-0.2, 0) is 0 Å². The highest BCUT2D eigenvalue weighted by molar-refractivity contribution is 6.04. The van der Waals surface area contributed by atoms with Crippen LogP contribution in [0.2, 0.25) is 0 Å². The fraction of sp³-hybridized carbons (Fsp3) is 0.316. The van der Waals surface area contributed by atoms with E-state index in [1.54, 1.807) is 12.1 Å². The zero-order valence-corrected chi connectivity index (χ0v) is 15.3. The Balaban J connectivity index is 0.00000243. The fourth-order valence-electron chi connectivity index (χ4n) is 2.98. The summed E-state index contributed by atoms with van der Waals surface area (Å²) in [5.41, 5.74) is 0.832. The molecule has 1 amide bonds. The van der Waals surface area contributed by atoms with Gasteiger partial charge in [0.2, 0.25) is 0 Å². The lowest BCUT2D eigenvalue weighted by atomic mass is 10.1. The molecule has 0 aliphatic carbocycles. The Morgan fingerprint density at radius 3 is 2.42 bits per heavy atom. The summed E-state index contributed by atoms with van der Waals surface area (Å²) in [4.78, 5) is 14.4. The molecule has 2 N–H and O–H groups in total. The number of rotatable bonds is 4. The van der Waals surface area contributed by atoms with Crippen molar-refractivity contribution in [3.8, 4) is 0 Å². The summed E-state index contributed by atoms with van der Waals surface area (Å²) in [5, 5.41) is 5.87. The second-order valence-corrected chi connectivity index (χ2v) is 6.38. The van der Waals surface area contributed by atoms with E-state index in [-0.39, 0.29) is 24.0 Å². The van der Waals surface area contributed by atoms with Crippen molar-refractivity contribution in [3.05, 3.63) is 59.7 Å². The summed E-state index contributed by atoms with van der Waals surface area (Å²) in [6, 6.07) is 10.3. The number of carbonyl (C=O) groups excluding carboxylic acids is 1. The molecule has 1 fully saturated rings. The van der Waals surface area contributed by atoms with E-state index < -0.39 is 17.5 Å². The number of halogens is 3. The number of carbonyl (C=O) groups is 1. The van der Waals surface area contributed by atoms with Crippen molar-refractivity contribution < 1.29 is 13.6 Å². The third-order valence-corrected chi connectivity index (χ3v) is 4.36. The number of hydrogen-bond donors (Lipinski definition) is 2. The maximum atomic E-state index is 13.9. The predicted octanol–water partition coefficient (Wildman–Crippen LogP) is 4.15. The molecule has 0 spiro atoms. The highest BCUT2D eigenvalue weighted by Gasteiger charge is 2.17. The number of nitrogens with zero attached hydrogens (tertiary/aromatic N) is 1. The summed E-state index contributed by atoms with van der Waals surface area (Å²) < 4.78 is 27.6. The zero-order chi connectivity index (χ0) is 17.8. The van der Waals surface area contributed by atoms with Crippen molar-refractivity contribution >= 4 is 29.7 Å². The van der Waals surface area contributed by atoms with Gasteiger partial charge in [0, 0.05) is 17.4 Å². The number of piperidine rings is 1. The molecule has 1 aliphatic heterocycles. The van der Waals surface area contributed by atoms with Gasteiger partial charge in [-0.15, -0.1) is 12.4 Å². The van der Waals surface area contributed by atoms with Crippen LogP contribution >= 0.6 is 12.4 Å². The molecule has 0 bridgehead atoms. The van der Waals surface area contributed by atoms with Gasteiger partial charge in [0.05, 0.1) is 5.56 Å². The van der Waals surface area contributed by atoms with E-state index in [0.29, 0.717) is 11.4 Å². The van der Waals surface area contributed by atoms with Gasteiger partial charge in [0.1, 0.15) is 11.6 Å². The molecule has 0 saturated carbocycles. The highest BCUT2D eigenvalue weighted by atomic mass is 35.5. The van der Waals surface area contributed by atoms with E-state index in [2.05, 4.69) is 22.6 Å². The first-order valence-corrected chi connectivity index (χ1v) is 8.33. The number of hydrogen-bond acceptors (Lipinski definition) is 3.